The molecule has 1 aliphatic heterocycles. The molecule has 2 aromatic heterocycles. The van der Waals surface area contributed by atoms with Gasteiger partial charge in [0.2, 0.25) is 0 Å². The van der Waals surface area contributed by atoms with Crippen molar-refractivity contribution in [3.8, 4) is 28.8 Å². The summed E-state index contributed by atoms with van der Waals surface area (Å²) in [7, 11) is 1.50. The highest BCUT2D eigenvalue weighted by molar-refractivity contribution is 5.79. The molecular weight excluding hydrogens is 378 g/mol. The van der Waals surface area contributed by atoms with Crippen LogP contribution in [0.4, 0.5) is 20.3 Å². The maximum absolute atomic E-state index is 13.7. The lowest BCUT2D eigenvalue weighted by atomic mass is 9.99. The Morgan fingerprint density at radius 2 is 2.10 bits per heavy atom. The van der Waals surface area contributed by atoms with Crippen LogP contribution in [0.5, 0.6) is 5.75 Å². The Morgan fingerprint density at radius 1 is 1.28 bits per heavy atom. The molecule has 1 aliphatic rings. The summed E-state index contributed by atoms with van der Waals surface area (Å²) in [6.07, 6.45) is 4.56. The summed E-state index contributed by atoms with van der Waals surface area (Å²) < 4.78 is 34.4. The molecule has 7 nitrogen and oxygen atoms in total. The molecule has 0 spiro atoms. The Morgan fingerprint density at radius 3 is 2.72 bits per heavy atom. The Kier molecular flexibility index (Phi) is 4.54. The maximum atomic E-state index is 13.7. The van der Waals surface area contributed by atoms with Gasteiger partial charge in [0.1, 0.15) is 29.5 Å². The second kappa shape index (κ2) is 7.05. The molecule has 2 N–H and O–H groups in total. The van der Waals surface area contributed by atoms with Crippen LogP contribution >= 0.6 is 0 Å². The molecule has 1 saturated heterocycles. The van der Waals surface area contributed by atoms with E-state index in [-0.39, 0.29) is 25.3 Å². The van der Waals surface area contributed by atoms with Crippen molar-refractivity contribution in [3.05, 3.63) is 48.5 Å². The van der Waals surface area contributed by atoms with Crippen molar-refractivity contribution >= 4 is 11.5 Å². The molecule has 3 aromatic rings. The number of imidazole rings is 1. The standard InChI is InChI=1S/C20H18F2N6O/c1-29-15-7-13(6-14(8-15)27-4-2-20(21,22)11-27)16-9-18(24)26-19(17(16)10-23)28-5-3-25-12-28/h3,5-9,12H,2,4,11H2,1H3,(H2,24,26). The summed E-state index contributed by atoms with van der Waals surface area (Å²) in [6.45, 7) is -0.118. The van der Waals surface area contributed by atoms with Crippen LogP contribution < -0.4 is 15.4 Å². The number of pyridine rings is 1. The first-order chi connectivity index (χ1) is 13.9. The number of nitrogens with zero attached hydrogens (tertiary/aromatic N) is 5. The van der Waals surface area contributed by atoms with E-state index in [1.807, 2.05) is 0 Å². The van der Waals surface area contributed by atoms with E-state index in [2.05, 4.69) is 16.0 Å². The van der Waals surface area contributed by atoms with Crippen molar-refractivity contribution in [2.24, 2.45) is 0 Å². The van der Waals surface area contributed by atoms with Gasteiger partial charge in [-0.15, -0.1) is 0 Å². The first-order valence-corrected chi connectivity index (χ1v) is 8.91. The minimum absolute atomic E-state index is 0.198. The molecule has 148 valence electrons. The topological polar surface area (TPSA) is 93.0 Å². The van der Waals surface area contributed by atoms with Gasteiger partial charge in [0, 0.05) is 42.7 Å². The summed E-state index contributed by atoms with van der Waals surface area (Å²) in [5.74, 6) is -1.66. The summed E-state index contributed by atoms with van der Waals surface area (Å²) in [5, 5.41) is 9.82. The predicted octanol–water partition coefficient (Wildman–Crippen LogP) is 3.24. The molecule has 1 aromatic carbocycles. The highest BCUT2D eigenvalue weighted by Gasteiger charge is 2.38. The van der Waals surface area contributed by atoms with Gasteiger partial charge in [-0.25, -0.2) is 18.7 Å². The lowest BCUT2D eigenvalue weighted by Gasteiger charge is -2.21. The van der Waals surface area contributed by atoms with E-state index < -0.39 is 5.92 Å². The average Bonchev–Trinajstić information content (AvgIpc) is 3.36. The highest BCUT2D eigenvalue weighted by Crippen LogP contribution is 2.37. The number of halogens is 2. The summed E-state index contributed by atoms with van der Waals surface area (Å²) >= 11 is 0. The Balaban J connectivity index is 1.87. The molecule has 0 radical (unpaired) electrons. The molecule has 0 unspecified atom stereocenters. The molecule has 29 heavy (non-hydrogen) atoms. The van der Waals surface area contributed by atoms with E-state index in [9.17, 15) is 14.0 Å². The van der Waals surface area contributed by atoms with E-state index in [4.69, 9.17) is 10.5 Å². The van der Waals surface area contributed by atoms with Crippen LogP contribution in [0.15, 0.2) is 43.0 Å². The van der Waals surface area contributed by atoms with E-state index in [0.29, 0.717) is 33.9 Å². The van der Waals surface area contributed by atoms with Crippen molar-refractivity contribution in [3.63, 3.8) is 0 Å². The number of nitriles is 1. The predicted molar refractivity (Wildman–Crippen MR) is 104 cm³/mol. The molecule has 0 bridgehead atoms. The van der Waals surface area contributed by atoms with Crippen LogP contribution in [0.2, 0.25) is 0 Å². The van der Waals surface area contributed by atoms with Gasteiger partial charge < -0.3 is 15.4 Å². The second-order valence-electron chi connectivity index (χ2n) is 6.82. The normalized spacial score (nSPS) is 15.3. The number of benzene rings is 1. The zero-order chi connectivity index (χ0) is 20.6. The lowest BCUT2D eigenvalue weighted by Crippen LogP contribution is -2.24. The molecule has 0 aliphatic carbocycles. The van der Waals surface area contributed by atoms with Crippen molar-refractivity contribution in [1.82, 2.24) is 14.5 Å². The molecule has 4 rings (SSSR count). The first-order valence-electron chi connectivity index (χ1n) is 8.91. The fraction of sp³-hybridized carbons (Fsp3) is 0.250. The van der Waals surface area contributed by atoms with Crippen molar-refractivity contribution in [2.45, 2.75) is 12.3 Å². The number of rotatable bonds is 4. The quantitative estimate of drug-likeness (QED) is 0.728. The largest absolute Gasteiger partial charge is 0.497 e. The van der Waals surface area contributed by atoms with Crippen molar-refractivity contribution in [1.29, 1.82) is 5.26 Å². The fourth-order valence-corrected chi connectivity index (χ4v) is 3.46. The summed E-state index contributed by atoms with van der Waals surface area (Å²) in [4.78, 5) is 9.87. The minimum atomic E-state index is -2.73. The van der Waals surface area contributed by atoms with Crippen LogP contribution in [0, 0.1) is 11.3 Å². The zero-order valence-corrected chi connectivity index (χ0v) is 15.6. The second-order valence-corrected chi connectivity index (χ2v) is 6.82. The van der Waals surface area contributed by atoms with Gasteiger partial charge in [-0.3, -0.25) is 4.57 Å². The Labute approximate surface area is 166 Å². The number of ether oxygens (including phenoxy) is 1. The van der Waals surface area contributed by atoms with Crippen molar-refractivity contribution in [2.75, 3.05) is 30.8 Å². The number of alkyl halides is 2. The minimum Gasteiger partial charge on any atom is -0.497 e. The third-order valence-electron chi connectivity index (χ3n) is 4.85. The fourth-order valence-electron chi connectivity index (χ4n) is 3.46. The molecule has 0 saturated carbocycles. The summed E-state index contributed by atoms with van der Waals surface area (Å²) in [5.41, 5.74) is 8.05. The van der Waals surface area contributed by atoms with Gasteiger partial charge in [-0.2, -0.15) is 5.26 Å². The van der Waals surface area contributed by atoms with Gasteiger partial charge in [-0.1, -0.05) is 0 Å². The van der Waals surface area contributed by atoms with Gasteiger partial charge in [0.15, 0.2) is 5.82 Å². The van der Waals surface area contributed by atoms with E-state index in [0.717, 1.165) is 0 Å². The molecule has 0 amide bonds. The number of anilines is 2. The molecular formula is C20H18F2N6O. The molecule has 9 heteroatoms. The number of nitrogen functional groups attached to an aromatic ring is 1. The number of methoxy groups -OCH3 is 1. The number of hydrogen-bond acceptors (Lipinski definition) is 6. The smallest absolute Gasteiger partial charge is 0.266 e. The van der Waals surface area contributed by atoms with Gasteiger partial charge in [0.25, 0.3) is 5.92 Å². The number of nitrogens with two attached hydrogens (primary N) is 1. The van der Waals surface area contributed by atoms with Crippen molar-refractivity contribution < 1.29 is 13.5 Å². The Hall–Kier alpha value is -3.67. The van der Waals surface area contributed by atoms with Crippen LogP contribution in [-0.2, 0) is 0 Å². The third-order valence-corrected chi connectivity index (χ3v) is 4.85. The van der Waals surface area contributed by atoms with E-state index >= 15 is 0 Å². The average molecular weight is 396 g/mol. The molecule has 1 fully saturated rings. The monoisotopic (exact) mass is 396 g/mol. The zero-order valence-electron chi connectivity index (χ0n) is 15.6. The summed E-state index contributed by atoms with van der Waals surface area (Å²) in [6, 6.07) is 8.98. The van der Waals surface area contributed by atoms with Crippen LogP contribution in [-0.4, -0.2) is 40.7 Å². The molecule has 3 heterocycles. The third kappa shape index (κ3) is 3.57. The first kappa shape index (κ1) is 18.7. The van der Waals surface area contributed by atoms with Crippen LogP contribution in [0.3, 0.4) is 0 Å². The lowest BCUT2D eigenvalue weighted by molar-refractivity contribution is 0.0257. The maximum Gasteiger partial charge on any atom is 0.266 e. The SMILES string of the molecule is COc1cc(-c2cc(N)nc(-n3ccnc3)c2C#N)cc(N2CCC(F)(F)C2)c1. The number of aromatic nitrogens is 3. The van der Waals surface area contributed by atoms with Crippen LogP contribution in [0.25, 0.3) is 16.9 Å². The molecule has 0 atom stereocenters. The highest BCUT2D eigenvalue weighted by atomic mass is 19.3. The van der Waals surface area contributed by atoms with E-state index in [1.54, 1.807) is 46.1 Å². The van der Waals surface area contributed by atoms with Gasteiger partial charge >= 0.3 is 0 Å². The van der Waals surface area contributed by atoms with E-state index in [1.165, 1.54) is 13.4 Å². The van der Waals surface area contributed by atoms with Crippen LogP contribution in [0.1, 0.15) is 12.0 Å². The van der Waals surface area contributed by atoms with Gasteiger partial charge in [-0.05, 0) is 23.8 Å². The van der Waals surface area contributed by atoms with Gasteiger partial charge in [0.05, 0.1) is 13.7 Å². The number of hydrogen-bond donors (Lipinski definition) is 1. The Bertz CT molecular complexity index is 1090.